The standard InChI is InChI=1S/C24H23F4N3O2/c1-13(2)18-11-16(25)5-7-20(18)30-12-31(19-8-9-22(32)29-14(19)3)23(33)17-6-4-15(10-21(17)30)24(26,27)28/h4-11,13,22,29,32H,12H2,1-3H3. The fourth-order valence-corrected chi connectivity index (χ4v) is 4.11. The maximum absolute atomic E-state index is 14.0. The van der Waals surface area contributed by atoms with E-state index in [0.717, 1.165) is 12.1 Å². The summed E-state index contributed by atoms with van der Waals surface area (Å²) in [6.45, 7) is 5.33. The number of carbonyl (C=O) groups excluding carboxylic acids is 1. The van der Waals surface area contributed by atoms with Gasteiger partial charge in [0.25, 0.3) is 5.91 Å². The normalized spacial score (nSPS) is 18.7. The minimum absolute atomic E-state index is 0.0900. The van der Waals surface area contributed by atoms with Gasteiger partial charge in [0.2, 0.25) is 0 Å². The second kappa shape index (κ2) is 8.22. The fourth-order valence-electron chi connectivity index (χ4n) is 4.11. The minimum atomic E-state index is -4.59. The van der Waals surface area contributed by atoms with E-state index in [9.17, 15) is 27.5 Å². The van der Waals surface area contributed by atoms with Crippen LogP contribution in [0.2, 0.25) is 0 Å². The van der Waals surface area contributed by atoms with Crippen LogP contribution in [-0.4, -0.2) is 28.8 Å². The number of fused-ring (bicyclic) bond motifs is 1. The number of anilines is 2. The van der Waals surface area contributed by atoms with Gasteiger partial charge in [-0.3, -0.25) is 9.69 Å². The van der Waals surface area contributed by atoms with Crippen LogP contribution in [-0.2, 0) is 6.18 Å². The van der Waals surface area contributed by atoms with Gasteiger partial charge in [0.15, 0.2) is 0 Å². The molecule has 0 spiro atoms. The molecule has 2 aliphatic rings. The lowest BCUT2D eigenvalue weighted by Gasteiger charge is -2.41. The Balaban J connectivity index is 1.92. The number of amides is 1. The number of hydrogen-bond acceptors (Lipinski definition) is 4. The van der Waals surface area contributed by atoms with E-state index >= 15 is 0 Å². The molecule has 2 heterocycles. The summed E-state index contributed by atoms with van der Waals surface area (Å²) in [7, 11) is 0. The van der Waals surface area contributed by atoms with Crippen LogP contribution in [0.5, 0.6) is 0 Å². The van der Waals surface area contributed by atoms with Crippen molar-refractivity contribution >= 4 is 17.3 Å². The van der Waals surface area contributed by atoms with Crippen LogP contribution in [0.25, 0.3) is 0 Å². The van der Waals surface area contributed by atoms with Crippen LogP contribution < -0.4 is 10.2 Å². The first-order chi connectivity index (χ1) is 15.5. The van der Waals surface area contributed by atoms with Crippen LogP contribution in [0, 0.1) is 5.82 Å². The summed E-state index contributed by atoms with van der Waals surface area (Å²) in [4.78, 5) is 16.4. The molecule has 0 saturated carbocycles. The third-order valence-corrected chi connectivity index (χ3v) is 5.75. The third-order valence-electron chi connectivity index (χ3n) is 5.75. The Labute approximate surface area is 188 Å². The van der Waals surface area contributed by atoms with Gasteiger partial charge in [-0.05, 0) is 67.0 Å². The number of aliphatic hydroxyl groups is 1. The van der Waals surface area contributed by atoms with E-state index in [1.54, 1.807) is 17.9 Å². The number of dihydropyridines is 1. The van der Waals surface area contributed by atoms with Gasteiger partial charge in [-0.25, -0.2) is 4.39 Å². The molecule has 33 heavy (non-hydrogen) atoms. The second-order valence-electron chi connectivity index (χ2n) is 8.35. The summed E-state index contributed by atoms with van der Waals surface area (Å²) < 4.78 is 54.5. The van der Waals surface area contributed by atoms with Gasteiger partial charge in [0.05, 0.1) is 22.5 Å². The van der Waals surface area contributed by atoms with Crippen molar-refractivity contribution in [2.75, 3.05) is 11.6 Å². The predicted molar refractivity (Wildman–Crippen MR) is 116 cm³/mol. The number of nitrogens with zero attached hydrogens (tertiary/aromatic N) is 2. The van der Waals surface area contributed by atoms with Crippen LogP contribution >= 0.6 is 0 Å². The topological polar surface area (TPSA) is 55.8 Å². The Kier molecular flexibility index (Phi) is 5.69. The lowest BCUT2D eigenvalue weighted by Crippen LogP contribution is -2.46. The van der Waals surface area contributed by atoms with Gasteiger partial charge in [-0.15, -0.1) is 0 Å². The van der Waals surface area contributed by atoms with Gasteiger partial charge in [0, 0.05) is 11.4 Å². The zero-order valence-electron chi connectivity index (χ0n) is 18.2. The minimum Gasteiger partial charge on any atom is -0.370 e. The second-order valence-corrected chi connectivity index (χ2v) is 8.35. The number of rotatable bonds is 3. The number of aliphatic hydroxyl groups excluding tert-OH is 1. The van der Waals surface area contributed by atoms with E-state index in [4.69, 9.17) is 0 Å². The molecule has 2 aromatic rings. The molecule has 0 aliphatic carbocycles. The zero-order valence-corrected chi connectivity index (χ0v) is 18.2. The highest BCUT2D eigenvalue weighted by atomic mass is 19.4. The van der Waals surface area contributed by atoms with Gasteiger partial charge in [-0.2, -0.15) is 13.2 Å². The van der Waals surface area contributed by atoms with Crippen molar-refractivity contribution in [2.45, 2.75) is 39.1 Å². The molecule has 2 aliphatic heterocycles. The smallest absolute Gasteiger partial charge is 0.370 e. The number of halogens is 4. The number of nitrogens with one attached hydrogen (secondary N) is 1. The molecule has 1 unspecified atom stereocenters. The van der Waals surface area contributed by atoms with E-state index < -0.39 is 29.7 Å². The maximum Gasteiger partial charge on any atom is 0.416 e. The summed E-state index contributed by atoms with van der Waals surface area (Å²) in [6, 6.07) is 7.13. The number of hydrogen-bond donors (Lipinski definition) is 2. The van der Waals surface area contributed by atoms with E-state index in [0.29, 0.717) is 22.6 Å². The van der Waals surface area contributed by atoms with Crippen LogP contribution in [0.3, 0.4) is 0 Å². The molecule has 9 heteroatoms. The molecule has 2 N–H and O–H groups in total. The summed E-state index contributed by atoms with van der Waals surface area (Å²) in [5.41, 5.74) is 1.45. The lowest BCUT2D eigenvalue weighted by atomic mass is 9.97. The SMILES string of the molecule is CC1=C(N2CN(c3ccc(F)cc3C(C)C)c3cc(C(F)(F)F)ccc3C2=O)C=CC(O)N1. The Morgan fingerprint density at radius 1 is 1.09 bits per heavy atom. The molecule has 1 atom stereocenters. The number of alkyl halides is 3. The number of allylic oxidation sites excluding steroid dienone is 2. The first-order valence-corrected chi connectivity index (χ1v) is 10.4. The first-order valence-electron chi connectivity index (χ1n) is 10.4. The van der Waals surface area contributed by atoms with Crippen molar-refractivity contribution in [2.24, 2.45) is 0 Å². The van der Waals surface area contributed by atoms with Crippen molar-refractivity contribution in [3.63, 3.8) is 0 Å². The maximum atomic E-state index is 14.0. The Hall–Kier alpha value is -3.33. The molecule has 4 rings (SSSR count). The van der Waals surface area contributed by atoms with Crippen LogP contribution in [0.4, 0.5) is 28.9 Å². The molecular formula is C24H23F4N3O2. The quantitative estimate of drug-likeness (QED) is 0.615. The summed E-state index contributed by atoms with van der Waals surface area (Å²) in [5.74, 6) is -1.05. The van der Waals surface area contributed by atoms with E-state index in [2.05, 4.69) is 5.32 Å². The highest BCUT2D eigenvalue weighted by molar-refractivity contribution is 6.04. The summed E-state index contributed by atoms with van der Waals surface area (Å²) >= 11 is 0. The molecule has 0 fully saturated rings. The Morgan fingerprint density at radius 3 is 2.45 bits per heavy atom. The number of carbonyl (C=O) groups is 1. The van der Waals surface area contributed by atoms with Crippen molar-refractivity contribution in [3.05, 3.63) is 82.5 Å². The Bertz CT molecular complexity index is 1170. The van der Waals surface area contributed by atoms with Crippen molar-refractivity contribution < 1.29 is 27.5 Å². The predicted octanol–water partition coefficient (Wildman–Crippen LogP) is 5.23. The molecule has 0 radical (unpaired) electrons. The molecule has 174 valence electrons. The summed E-state index contributed by atoms with van der Waals surface area (Å²) in [6.07, 6.45) is -2.43. The average Bonchev–Trinajstić information content (AvgIpc) is 2.74. The highest BCUT2D eigenvalue weighted by Gasteiger charge is 2.37. The summed E-state index contributed by atoms with van der Waals surface area (Å²) in [5, 5.41) is 12.6. The number of benzene rings is 2. The molecule has 0 saturated heterocycles. The molecule has 1 amide bonds. The van der Waals surface area contributed by atoms with Crippen LogP contribution in [0.1, 0.15) is 48.2 Å². The molecule has 2 aromatic carbocycles. The first kappa shape index (κ1) is 22.8. The third kappa shape index (κ3) is 4.20. The van der Waals surface area contributed by atoms with E-state index in [1.165, 1.54) is 35.2 Å². The van der Waals surface area contributed by atoms with E-state index in [-0.39, 0.29) is 23.8 Å². The van der Waals surface area contributed by atoms with Crippen molar-refractivity contribution in [3.8, 4) is 0 Å². The van der Waals surface area contributed by atoms with Gasteiger partial charge in [-0.1, -0.05) is 13.8 Å². The lowest BCUT2D eigenvalue weighted by molar-refractivity contribution is -0.137. The van der Waals surface area contributed by atoms with Gasteiger partial charge >= 0.3 is 6.18 Å². The Morgan fingerprint density at radius 2 is 1.82 bits per heavy atom. The molecule has 5 nitrogen and oxygen atoms in total. The molecular weight excluding hydrogens is 438 g/mol. The zero-order chi connectivity index (χ0) is 24.1. The largest absolute Gasteiger partial charge is 0.416 e. The van der Waals surface area contributed by atoms with Crippen LogP contribution in [0.15, 0.2) is 59.9 Å². The van der Waals surface area contributed by atoms with Gasteiger partial charge < -0.3 is 15.3 Å². The van der Waals surface area contributed by atoms with Gasteiger partial charge in [0.1, 0.15) is 18.7 Å². The highest BCUT2D eigenvalue weighted by Crippen LogP contribution is 2.42. The van der Waals surface area contributed by atoms with Crippen molar-refractivity contribution in [1.29, 1.82) is 0 Å². The van der Waals surface area contributed by atoms with E-state index in [1.807, 2.05) is 13.8 Å². The fraction of sp³-hybridized carbons (Fsp3) is 0.292. The monoisotopic (exact) mass is 461 g/mol. The van der Waals surface area contributed by atoms with Crippen molar-refractivity contribution in [1.82, 2.24) is 10.2 Å². The molecule has 0 bridgehead atoms. The average molecular weight is 461 g/mol. The molecule has 0 aromatic heterocycles.